The Kier molecular flexibility index (Phi) is 9.39. The van der Waals surface area contributed by atoms with Crippen molar-refractivity contribution in [2.75, 3.05) is 21.3 Å². The van der Waals surface area contributed by atoms with Gasteiger partial charge >= 0.3 is 0 Å². The zero-order chi connectivity index (χ0) is 26.1. The molecule has 0 fully saturated rings. The fourth-order valence-electron chi connectivity index (χ4n) is 4.91. The van der Waals surface area contributed by atoms with Gasteiger partial charge in [0.2, 0.25) is 0 Å². The molecule has 0 aromatic heterocycles. The third kappa shape index (κ3) is 5.50. The maximum atomic E-state index is 10.2. The van der Waals surface area contributed by atoms with Gasteiger partial charge in [0.05, 0.1) is 37.9 Å². The lowest BCUT2D eigenvalue weighted by atomic mass is 9.65. The summed E-state index contributed by atoms with van der Waals surface area (Å²) in [6.07, 6.45) is 10.8. The van der Waals surface area contributed by atoms with Gasteiger partial charge in [0, 0.05) is 17.9 Å². The molecule has 0 saturated carbocycles. The molecular weight excluding hydrogens is 516 g/mol. The number of allylic oxidation sites excluding steroid dienone is 4. The van der Waals surface area contributed by atoms with E-state index in [9.17, 15) is 10.5 Å². The van der Waals surface area contributed by atoms with Crippen LogP contribution in [0.2, 0.25) is 0 Å². The van der Waals surface area contributed by atoms with E-state index in [2.05, 4.69) is 52.9 Å². The average molecular weight is 547 g/mol. The predicted molar refractivity (Wildman–Crippen MR) is 146 cm³/mol. The zero-order valence-corrected chi connectivity index (χ0v) is 22.5. The topological polar surface area (TPSA) is 75.3 Å². The zero-order valence-electron chi connectivity index (χ0n) is 21.0. The van der Waals surface area contributed by atoms with E-state index in [1.54, 1.807) is 27.4 Å². The molecule has 0 bridgehead atoms. The first kappa shape index (κ1) is 27.1. The summed E-state index contributed by atoms with van der Waals surface area (Å²) < 4.78 is 17.5. The lowest BCUT2D eigenvalue weighted by molar-refractivity contribution is 0.372. The summed E-state index contributed by atoms with van der Waals surface area (Å²) in [6.45, 7) is 3.82. The van der Waals surface area contributed by atoms with Crippen LogP contribution in [-0.2, 0) is 0 Å². The number of nitriles is 2. The van der Waals surface area contributed by atoms with Crippen molar-refractivity contribution >= 4 is 22.0 Å². The number of benzene rings is 2. The van der Waals surface area contributed by atoms with Crippen molar-refractivity contribution in [3.8, 4) is 29.4 Å². The van der Waals surface area contributed by atoms with Crippen LogP contribution in [0.4, 0.5) is 0 Å². The van der Waals surface area contributed by atoms with Gasteiger partial charge in [-0.3, -0.25) is 0 Å². The molecule has 3 rings (SSSR count). The van der Waals surface area contributed by atoms with E-state index >= 15 is 0 Å². The highest BCUT2D eigenvalue weighted by molar-refractivity contribution is 9.10. The maximum absolute atomic E-state index is 10.2. The molecule has 2 aromatic carbocycles. The molecule has 0 heterocycles. The first-order valence-electron chi connectivity index (χ1n) is 11.8. The number of halogens is 1. The van der Waals surface area contributed by atoms with E-state index in [-0.39, 0.29) is 18.3 Å². The largest absolute Gasteiger partial charge is 0.497 e. The molecule has 36 heavy (non-hydrogen) atoms. The summed E-state index contributed by atoms with van der Waals surface area (Å²) in [5.74, 6) is 1.90. The number of methoxy groups -OCH3 is 3. The van der Waals surface area contributed by atoms with Gasteiger partial charge in [-0.15, -0.1) is 6.58 Å². The number of nitrogens with zero attached hydrogens (tertiary/aromatic N) is 2. The molecular formula is C30H31BrN2O3. The Labute approximate surface area is 222 Å². The molecule has 0 N–H and O–H groups in total. The lowest BCUT2D eigenvalue weighted by Gasteiger charge is -2.36. The van der Waals surface area contributed by atoms with Crippen LogP contribution in [-0.4, -0.2) is 21.3 Å². The van der Waals surface area contributed by atoms with Gasteiger partial charge in [-0.2, -0.15) is 10.5 Å². The van der Waals surface area contributed by atoms with Gasteiger partial charge in [0.15, 0.2) is 5.41 Å². The van der Waals surface area contributed by atoms with Crippen LogP contribution in [0.25, 0.3) is 6.08 Å². The van der Waals surface area contributed by atoms with Gasteiger partial charge < -0.3 is 14.2 Å². The van der Waals surface area contributed by atoms with Crippen molar-refractivity contribution in [3.63, 3.8) is 0 Å². The van der Waals surface area contributed by atoms with Crippen LogP contribution >= 0.6 is 15.9 Å². The third-order valence-corrected chi connectivity index (χ3v) is 7.55. The molecule has 0 saturated heterocycles. The molecule has 1 unspecified atom stereocenters. The van der Waals surface area contributed by atoms with Crippen molar-refractivity contribution < 1.29 is 14.2 Å². The first-order valence-corrected chi connectivity index (χ1v) is 12.6. The van der Waals surface area contributed by atoms with E-state index in [1.807, 2.05) is 36.4 Å². The van der Waals surface area contributed by atoms with E-state index in [0.717, 1.165) is 46.2 Å². The molecule has 186 valence electrons. The molecule has 0 spiro atoms. The summed E-state index contributed by atoms with van der Waals surface area (Å²) in [6, 6.07) is 16.2. The highest BCUT2D eigenvalue weighted by Gasteiger charge is 2.42. The minimum absolute atomic E-state index is 0.0928. The van der Waals surface area contributed by atoms with Gasteiger partial charge in [-0.1, -0.05) is 36.4 Å². The molecule has 1 aliphatic carbocycles. The fourth-order valence-corrected chi connectivity index (χ4v) is 5.66. The highest BCUT2D eigenvalue weighted by Crippen LogP contribution is 2.51. The Morgan fingerprint density at radius 2 is 1.72 bits per heavy atom. The third-order valence-electron chi connectivity index (χ3n) is 6.73. The number of rotatable bonds is 10. The first-order chi connectivity index (χ1) is 17.5. The lowest BCUT2D eigenvalue weighted by Crippen LogP contribution is -2.29. The smallest absolute Gasteiger partial charge is 0.168 e. The summed E-state index contributed by atoms with van der Waals surface area (Å²) in [4.78, 5) is 0. The number of hydrogen-bond acceptors (Lipinski definition) is 5. The van der Waals surface area contributed by atoms with Crippen LogP contribution in [0.1, 0.15) is 42.7 Å². The summed E-state index contributed by atoms with van der Waals surface area (Å²) in [5, 5.41) is 20.4. The molecule has 2 aromatic rings. The van der Waals surface area contributed by atoms with E-state index in [0.29, 0.717) is 11.5 Å². The molecule has 0 amide bonds. The Morgan fingerprint density at radius 3 is 2.31 bits per heavy atom. The van der Waals surface area contributed by atoms with Crippen molar-refractivity contribution in [2.45, 2.75) is 31.6 Å². The fraction of sp³-hybridized carbons (Fsp3) is 0.333. The van der Waals surface area contributed by atoms with Crippen molar-refractivity contribution in [1.29, 1.82) is 10.5 Å². The molecule has 1 aliphatic rings. The second-order valence-corrected chi connectivity index (χ2v) is 9.47. The van der Waals surface area contributed by atoms with Gasteiger partial charge in [0.1, 0.15) is 17.2 Å². The monoisotopic (exact) mass is 546 g/mol. The van der Waals surface area contributed by atoms with Crippen molar-refractivity contribution in [2.24, 2.45) is 11.3 Å². The van der Waals surface area contributed by atoms with Crippen molar-refractivity contribution in [1.82, 2.24) is 0 Å². The highest BCUT2D eigenvalue weighted by atomic mass is 79.9. The second-order valence-electron chi connectivity index (χ2n) is 8.67. The minimum atomic E-state index is -1.27. The Bertz CT molecular complexity index is 1200. The minimum Gasteiger partial charge on any atom is -0.497 e. The molecule has 5 nitrogen and oxygen atoms in total. The van der Waals surface area contributed by atoms with Crippen LogP contribution < -0.4 is 14.2 Å². The second kappa shape index (κ2) is 12.5. The number of ether oxygens (including phenoxy) is 3. The van der Waals surface area contributed by atoms with Crippen LogP contribution in [0.3, 0.4) is 0 Å². The van der Waals surface area contributed by atoms with Crippen LogP contribution in [0.5, 0.6) is 17.2 Å². The van der Waals surface area contributed by atoms with E-state index in [1.165, 1.54) is 0 Å². The molecule has 0 radical (unpaired) electrons. The Balaban J connectivity index is 2.22. The predicted octanol–water partition coefficient (Wildman–Crippen LogP) is 7.61. The SMILES string of the molecule is C=CCC(C#N)(C#N)C1=CCCC[C@H]1C(/C=C/c1ccc(OC)cc1)c1c(OC)ccc(OC)c1Br. The molecule has 2 atom stereocenters. The summed E-state index contributed by atoms with van der Waals surface area (Å²) in [7, 11) is 4.92. The van der Waals surface area contributed by atoms with Gasteiger partial charge in [-0.25, -0.2) is 0 Å². The summed E-state index contributed by atoms with van der Waals surface area (Å²) in [5.41, 5.74) is 1.51. The van der Waals surface area contributed by atoms with Gasteiger partial charge in [0.25, 0.3) is 0 Å². The van der Waals surface area contributed by atoms with E-state index in [4.69, 9.17) is 14.2 Å². The average Bonchev–Trinajstić information content (AvgIpc) is 2.93. The molecule has 6 heteroatoms. The summed E-state index contributed by atoms with van der Waals surface area (Å²) >= 11 is 3.76. The Morgan fingerprint density at radius 1 is 1.06 bits per heavy atom. The van der Waals surface area contributed by atoms with Gasteiger partial charge in [-0.05, 0) is 76.5 Å². The van der Waals surface area contributed by atoms with Crippen LogP contribution in [0.15, 0.2) is 71.3 Å². The molecule has 0 aliphatic heterocycles. The standard InChI is InChI=1S/C30H31BrN2O3/c1-5-18-30(19-32,20-33)25-9-7-6-8-23(25)24(15-12-21-10-13-22(34-2)14-11-21)28-26(35-3)16-17-27(36-4)29(28)31/h5,9-17,23-24H,1,6-8,18H2,2-4H3/b15-12+/t23-,24?/m0/s1. The Hall–Kier alpha value is -3.48. The van der Waals surface area contributed by atoms with Crippen molar-refractivity contribution in [3.05, 3.63) is 82.4 Å². The quantitative estimate of drug-likeness (QED) is 0.286. The van der Waals surface area contributed by atoms with Crippen LogP contribution in [0, 0.1) is 34.0 Å². The normalized spacial score (nSPS) is 16.4. The maximum Gasteiger partial charge on any atom is 0.168 e. The van der Waals surface area contributed by atoms with E-state index < -0.39 is 5.41 Å². The number of hydrogen-bond donors (Lipinski definition) is 0.